The minimum Gasteiger partial charge on any atom is -0.495 e. The highest BCUT2D eigenvalue weighted by Gasteiger charge is 2.26. The van der Waals surface area contributed by atoms with Gasteiger partial charge in [-0.2, -0.15) is 11.8 Å². The van der Waals surface area contributed by atoms with Crippen LogP contribution in [0, 0.1) is 5.92 Å². The van der Waals surface area contributed by atoms with E-state index in [0.29, 0.717) is 17.0 Å². The molecule has 1 aromatic carbocycles. The molecular weight excluding hydrogens is 266 g/mol. The Kier molecular flexibility index (Phi) is 5.22. The number of ether oxygens (including phenoxy) is 1. The number of benzene rings is 1. The molecule has 1 heterocycles. The van der Waals surface area contributed by atoms with Gasteiger partial charge < -0.3 is 10.1 Å². The summed E-state index contributed by atoms with van der Waals surface area (Å²) in [6.07, 6.45) is 1.28. The first-order valence-electron chi connectivity index (χ1n) is 6.40. The summed E-state index contributed by atoms with van der Waals surface area (Å²) in [5.74, 6) is 3.99. The van der Waals surface area contributed by atoms with Crippen LogP contribution in [0.2, 0.25) is 5.02 Å². The third-order valence-electron chi connectivity index (χ3n) is 3.39. The van der Waals surface area contributed by atoms with E-state index in [1.807, 2.05) is 17.8 Å². The fraction of sp³-hybridized carbons (Fsp3) is 0.571. The minimum atomic E-state index is 0.413. The number of halogens is 1. The van der Waals surface area contributed by atoms with Gasteiger partial charge >= 0.3 is 0 Å². The van der Waals surface area contributed by atoms with E-state index in [1.54, 1.807) is 7.11 Å². The lowest BCUT2D eigenvalue weighted by atomic mass is 9.92. The normalized spacial score (nSPS) is 20.9. The van der Waals surface area contributed by atoms with Crippen LogP contribution >= 0.6 is 23.4 Å². The van der Waals surface area contributed by atoms with E-state index in [-0.39, 0.29) is 0 Å². The highest BCUT2D eigenvalue weighted by Crippen LogP contribution is 2.36. The van der Waals surface area contributed by atoms with Gasteiger partial charge in [-0.3, -0.25) is 0 Å². The fourth-order valence-corrected chi connectivity index (χ4v) is 3.95. The van der Waals surface area contributed by atoms with E-state index in [9.17, 15) is 0 Å². The lowest BCUT2D eigenvalue weighted by molar-refractivity contribution is 0.392. The second kappa shape index (κ2) is 6.69. The quantitative estimate of drug-likeness (QED) is 0.890. The zero-order valence-corrected chi connectivity index (χ0v) is 12.5. The third-order valence-corrected chi connectivity index (χ3v) is 4.90. The minimum absolute atomic E-state index is 0.413. The van der Waals surface area contributed by atoms with Gasteiger partial charge in [-0.25, -0.2) is 0 Å². The maximum Gasteiger partial charge on any atom is 0.137 e. The third kappa shape index (κ3) is 3.14. The summed E-state index contributed by atoms with van der Waals surface area (Å²) in [4.78, 5) is 0. The van der Waals surface area contributed by atoms with Crippen molar-refractivity contribution in [3.8, 4) is 5.75 Å². The van der Waals surface area contributed by atoms with Gasteiger partial charge in [-0.05, 0) is 48.1 Å². The summed E-state index contributed by atoms with van der Waals surface area (Å²) in [6.45, 7) is 3.14. The zero-order valence-electron chi connectivity index (χ0n) is 10.9. The Morgan fingerprint density at radius 2 is 2.39 bits per heavy atom. The Bertz CT molecular complexity index is 393. The molecule has 100 valence electrons. The van der Waals surface area contributed by atoms with Crippen LogP contribution in [0.15, 0.2) is 18.2 Å². The predicted octanol–water partition coefficient (Wildman–Crippen LogP) is 3.75. The molecule has 4 heteroatoms. The molecule has 1 saturated heterocycles. The second-order valence-electron chi connectivity index (χ2n) is 4.55. The average Bonchev–Trinajstić information content (AvgIpc) is 2.90. The SMILES string of the molecule is CCNC(c1ccc(Cl)c(OC)c1)C1CCSC1. The molecule has 0 spiro atoms. The first kappa shape index (κ1) is 14.0. The summed E-state index contributed by atoms with van der Waals surface area (Å²) in [5, 5.41) is 4.28. The van der Waals surface area contributed by atoms with Crippen LogP contribution in [0.5, 0.6) is 5.75 Å². The molecule has 1 aromatic rings. The van der Waals surface area contributed by atoms with Gasteiger partial charge in [0.15, 0.2) is 0 Å². The smallest absolute Gasteiger partial charge is 0.137 e. The Balaban J connectivity index is 2.23. The van der Waals surface area contributed by atoms with Crippen LogP contribution in [-0.2, 0) is 0 Å². The summed E-state index contributed by atoms with van der Waals surface area (Å²) in [5.41, 5.74) is 1.28. The molecule has 0 amide bonds. The summed E-state index contributed by atoms with van der Waals surface area (Å²) < 4.78 is 5.31. The molecule has 0 aliphatic carbocycles. The number of methoxy groups -OCH3 is 1. The van der Waals surface area contributed by atoms with E-state index in [0.717, 1.165) is 12.3 Å². The van der Waals surface area contributed by atoms with Gasteiger partial charge in [-0.1, -0.05) is 24.6 Å². The van der Waals surface area contributed by atoms with E-state index in [4.69, 9.17) is 16.3 Å². The number of thioether (sulfide) groups is 1. The Morgan fingerprint density at radius 3 is 3.00 bits per heavy atom. The van der Waals surface area contributed by atoms with Crippen molar-refractivity contribution in [2.75, 3.05) is 25.2 Å². The standard InChI is InChI=1S/C14H20ClNOS/c1-3-16-14(11-6-7-18-9-11)10-4-5-12(15)13(8-10)17-2/h4-5,8,11,14,16H,3,6-7,9H2,1-2H3. The monoisotopic (exact) mass is 285 g/mol. The maximum atomic E-state index is 6.09. The van der Waals surface area contributed by atoms with E-state index < -0.39 is 0 Å². The van der Waals surface area contributed by atoms with Crippen LogP contribution in [0.25, 0.3) is 0 Å². The lowest BCUT2D eigenvalue weighted by Crippen LogP contribution is -2.28. The van der Waals surface area contributed by atoms with Gasteiger partial charge in [0.2, 0.25) is 0 Å². The average molecular weight is 286 g/mol. The van der Waals surface area contributed by atoms with Crippen molar-refractivity contribution in [1.82, 2.24) is 5.32 Å². The molecule has 2 nitrogen and oxygen atoms in total. The maximum absolute atomic E-state index is 6.09. The summed E-state index contributed by atoms with van der Waals surface area (Å²) in [6, 6.07) is 6.53. The highest BCUT2D eigenvalue weighted by molar-refractivity contribution is 7.99. The molecule has 1 aliphatic heterocycles. The van der Waals surface area contributed by atoms with Crippen LogP contribution in [-0.4, -0.2) is 25.2 Å². The van der Waals surface area contributed by atoms with Crippen LogP contribution < -0.4 is 10.1 Å². The van der Waals surface area contributed by atoms with Crippen molar-refractivity contribution in [3.05, 3.63) is 28.8 Å². The lowest BCUT2D eigenvalue weighted by Gasteiger charge is -2.25. The van der Waals surface area contributed by atoms with Gasteiger partial charge in [0.05, 0.1) is 12.1 Å². The van der Waals surface area contributed by atoms with Crippen molar-refractivity contribution >= 4 is 23.4 Å². The van der Waals surface area contributed by atoms with Gasteiger partial charge in [0.25, 0.3) is 0 Å². The fourth-order valence-electron chi connectivity index (χ4n) is 2.46. The van der Waals surface area contributed by atoms with E-state index in [2.05, 4.69) is 24.4 Å². The first-order valence-corrected chi connectivity index (χ1v) is 7.94. The van der Waals surface area contributed by atoms with E-state index in [1.165, 1.54) is 23.5 Å². The summed E-state index contributed by atoms with van der Waals surface area (Å²) >= 11 is 8.14. The number of hydrogen-bond acceptors (Lipinski definition) is 3. The molecule has 2 unspecified atom stereocenters. The Labute approximate surface area is 118 Å². The molecule has 18 heavy (non-hydrogen) atoms. The summed E-state index contributed by atoms with van der Waals surface area (Å²) in [7, 11) is 1.67. The van der Waals surface area contributed by atoms with Crippen LogP contribution in [0.1, 0.15) is 24.9 Å². The molecule has 1 fully saturated rings. The highest BCUT2D eigenvalue weighted by atomic mass is 35.5. The number of hydrogen-bond donors (Lipinski definition) is 1. The van der Waals surface area contributed by atoms with Gasteiger partial charge in [0, 0.05) is 6.04 Å². The number of nitrogens with one attached hydrogen (secondary N) is 1. The Morgan fingerprint density at radius 1 is 1.56 bits per heavy atom. The molecule has 2 atom stereocenters. The van der Waals surface area contributed by atoms with Crippen molar-refractivity contribution < 1.29 is 4.74 Å². The first-order chi connectivity index (χ1) is 8.76. The topological polar surface area (TPSA) is 21.3 Å². The molecule has 1 aliphatic rings. The molecular formula is C14H20ClNOS. The molecule has 1 N–H and O–H groups in total. The zero-order chi connectivity index (χ0) is 13.0. The van der Waals surface area contributed by atoms with Crippen molar-refractivity contribution in [1.29, 1.82) is 0 Å². The second-order valence-corrected chi connectivity index (χ2v) is 6.11. The predicted molar refractivity (Wildman–Crippen MR) is 79.9 cm³/mol. The van der Waals surface area contributed by atoms with Crippen molar-refractivity contribution in [2.24, 2.45) is 5.92 Å². The molecule has 0 aromatic heterocycles. The largest absolute Gasteiger partial charge is 0.495 e. The van der Waals surface area contributed by atoms with Crippen molar-refractivity contribution in [2.45, 2.75) is 19.4 Å². The van der Waals surface area contributed by atoms with E-state index >= 15 is 0 Å². The van der Waals surface area contributed by atoms with Crippen LogP contribution in [0.3, 0.4) is 0 Å². The molecule has 2 rings (SSSR count). The number of rotatable bonds is 5. The Hall–Kier alpha value is -0.380. The van der Waals surface area contributed by atoms with Crippen molar-refractivity contribution in [3.63, 3.8) is 0 Å². The molecule has 0 radical (unpaired) electrons. The van der Waals surface area contributed by atoms with Gasteiger partial charge in [0.1, 0.15) is 5.75 Å². The molecule has 0 bridgehead atoms. The van der Waals surface area contributed by atoms with Crippen LogP contribution in [0.4, 0.5) is 0 Å². The van der Waals surface area contributed by atoms with Gasteiger partial charge in [-0.15, -0.1) is 0 Å². The molecule has 0 saturated carbocycles.